The second-order valence-electron chi connectivity index (χ2n) is 8.14. The maximum absolute atomic E-state index is 12.2. The molecule has 0 aromatic rings. The number of carbonyl (C=O) groups excluding carboxylic acids is 1. The zero-order valence-corrected chi connectivity index (χ0v) is 15.2. The molecule has 3 nitrogen and oxygen atoms in total. The lowest BCUT2D eigenvalue weighted by atomic mass is 9.75. The van der Waals surface area contributed by atoms with Gasteiger partial charge >= 0.3 is 0 Å². The molecule has 0 saturated carbocycles. The van der Waals surface area contributed by atoms with Crippen molar-refractivity contribution >= 4 is 5.91 Å². The first-order valence-electron chi connectivity index (χ1n) is 7.75. The third-order valence-electron chi connectivity index (χ3n) is 2.78. The highest BCUT2D eigenvalue weighted by Crippen LogP contribution is 2.33. The largest absolute Gasteiger partial charge is 0.396 e. The molecule has 0 fully saturated rings. The first-order valence-corrected chi connectivity index (χ1v) is 7.75. The molecule has 0 aliphatic heterocycles. The summed E-state index contributed by atoms with van der Waals surface area (Å²) in [4.78, 5) is 12.2. The van der Waals surface area contributed by atoms with Crippen LogP contribution in [0.15, 0.2) is 0 Å². The SMILES string of the molecule is CC(C)(C)CC(C)(C)C(=O)NC(C)(C)CCO.CCC. The van der Waals surface area contributed by atoms with Crippen LogP contribution in [-0.4, -0.2) is 23.2 Å². The molecule has 3 heteroatoms. The van der Waals surface area contributed by atoms with E-state index < -0.39 is 0 Å². The van der Waals surface area contributed by atoms with Crippen molar-refractivity contribution in [3.8, 4) is 0 Å². The Morgan fingerprint density at radius 2 is 1.40 bits per heavy atom. The Morgan fingerprint density at radius 1 is 1.00 bits per heavy atom. The number of nitrogens with one attached hydrogen (secondary N) is 1. The quantitative estimate of drug-likeness (QED) is 0.798. The van der Waals surface area contributed by atoms with Crippen LogP contribution in [0, 0.1) is 10.8 Å². The highest BCUT2D eigenvalue weighted by molar-refractivity contribution is 5.82. The number of aliphatic hydroxyl groups excluding tert-OH is 1. The predicted molar refractivity (Wildman–Crippen MR) is 87.7 cm³/mol. The standard InChI is InChI=1S/C14H29NO2.C3H8/c1-12(2,3)10-13(4,5)11(17)15-14(6,7)8-9-16;1-3-2/h16H,8-10H2,1-7H3,(H,15,17);3H2,1-2H3. The minimum Gasteiger partial charge on any atom is -0.396 e. The summed E-state index contributed by atoms with van der Waals surface area (Å²) in [5, 5.41) is 12.0. The van der Waals surface area contributed by atoms with Gasteiger partial charge in [-0.1, -0.05) is 54.9 Å². The Kier molecular flexibility index (Phi) is 9.40. The molecule has 20 heavy (non-hydrogen) atoms. The summed E-state index contributed by atoms with van der Waals surface area (Å²) in [7, 11) is 0. The van der Waals surface area contributed by atoms with Gasteiger partial charge in [0, 0.05) is 17.6 Å². The van der Waals surface area contributed by atoms with Crippen LogP contribution in [0.1, 0.15) is 81.6 Å². The molecule has 0 bridgehead atoms. The van der Waals surface area contributed by atoms with Gasteiger partial charge in [-0.25, -0.2) is 0 Å². The molecular weight excluding hydrogens is 250 g/mol. The summed E-state index contributed by atoms with van der Waals surface area (Å²) in [6, 6.07) is 0. The maximum Gasteiger partial charge on any atom is 0.226 e. The fourth-order valence-electron chi connectivity index (χ4n) is 2.22. The van der Waals surface area contributed by atoms with Gasteiger partial charge in [0.25, 0.3) is 0 Å². The number of hydrogen-bond donors (Lipinski definition) is 2. The van der Waals surface area contributed by atoms with Crippen LogP contribution >= 0.6 is 0 Å². The Bertz CT molecular complexity index is 275. The van der Waals surface area contributed by atoms with Crippen molar-refractivity contribution in [1.82, 2.24) is 5.32 Å². The summed E-state index contributed by atoms with van der Waals surface area (Å²) in [5.74, 6) is 0.0610. The predicted octanol–water partition coefficient (Wildman–Crippen LogP) is 4.14. The molecule has 0 aliphatic rings. The van der Waals surface area contributed by atoms with Crippen LogP contribution in [0.25, 0.3) is 0 Å². The number of carbonyl (C=O) groups is 1. The molecule has 0 atom stereocenters. The van der Waals surface area contributed by atoms with Gasteiger partial charge in [0.1, 0.15) is 0 Å². The smallest absolute Gasteiger partial charge is 0.226 e. The second-order valence-corrected chi connectivity index (χ2v) is 8.14. The van der Waals surface area contributed by atoms with Crippen LogP contribution < -0.4 is 5.32 Å². The molecule has 122 valence electrons. The Labute approximate surface area is 126 Å². The number of hydrogen-bond acceptors (Lipinski definition) is 2. The van der Waals surface area contributed by atoms with Crippen molar-refractivity contribution in [2.24, 2.45) is 10.8 Å². The molecule has 0 aromatic heterocycles. The lowest BCUT2D eigenvalue weighted by Crippen LogP contribution is -2.50. The van der Waals surface area contributed by atoms with E-state index in [0.717, 1.165) is 6.42 Å². The van der Waals surface area contributed by atoms with E-state index in [4.69, 9.17) is 5.11 Å². The van der Waals surface area contributed by atoms with Crippen LogP contribution in [0.4, 0.5) is 0 Å². The highest BCUT2D eigenvalue weighted by Gasteiger charge is 2.34. The average Bonchev–Trinajstić information content (AvgIpc) is 2.13. The van der Waals surface area contributed by atoms with E-state index in [1.807, 2.05) is 27.7 Å². The zero-order chi connectivity index (χ0) is 16.6. The molecule has 0 aromatic carbocycles. The molecule has 2 N–H and O–H groups in total. The molecule has 1 amide bonds. The topological polar surface area (TPSA) is 49.3 Å². The normalized spacial score (nSPS) is 12.5. The first-order chi connectivity index (χ1) is 8.81. The van der Waals surface area contributed by atoms with E-state index in [9.17, 15) is 4.79 Å². The van der Waals surface area contributed by atoms with E-state index >= 15 is 0 Å². The van der Waals surface area contributed by atoms with Crippen LogP contribution in [0.5, 0.6) is 0 Å². The monoisotopic (exact) mass is 287 g/mol. The van der Waals surface area contributed by atoms with Crippen LogP contribution in [0.2, 0.25) is 0 Å². The van der Waals surface area contributed by atoms with Crippen molar-refractivity contribution in [1.29, 1.82) is 0 Å². The number of aliphatic hydroxyl groups is 1. The van der Waals surface area contributed by atoms with Crippen LogP contribution in [-0.2, 0) is 4.79 Å². The van der Waals surface area contributed by atoms with E-state index in [1.54, 1.807) is 0 Å². The van der Waals surface area contributed by atoms with Crippen molar-refractivity contribution in [2.45, 2.75) is 87.1 Å². The van der Waals surface area contributed by atoms with E-state index in [0.29, 0.717) is 6.42 Å². The maximum atomic E-state index is 12.2. The van der Waals surface area contributed by atoms with Gasteiger partial charge in [-0.3, -0.25) is 4.79 Å². The van der Waals surface area contributed by atoms with Gasteiger partial charge in [-0.2, -0.15) is 0 Å². The van der Waals surface area contributed by atoms with Gasteiger partial charge in [-0.15, -0.1) is 0 Å². The highest BCUT2D eigenvalue weighted by atomic mass is 16.3. The summed E-state index contributed by atoms with van der Waals surface area (Å²) < 4.78 is 0. The summed E-state index contributed by atoms with van der Waals surface area (Å²) in [5.41, 5.74) is -0.603. The fraction of sp³-hybridized carbons (Fsp3) is 0.941. The third-order valence-corrected chi connectivity index (χ3v) is 2.78. The summed E-state index contributed by atoms with van der Waals surface area (Å²) in [6.07, 6.45) is 2.66. The third kappa shape index (κ3) is 11.3. The van der Waals surface area contributed by atoms with Gasteiger partial charge in [0.15, 0.2) is 0 Å². The Balaban J connectivity index is 0. The van der Waals surface area contributed by atoms with Crippen molar-refractivity contribution in [3.63, 3.8) is 0 Å². The molecule has 0 aliphatic carbocycles. The fourth-order valence-corrected chi connectivity index (χ4v) is 2.22. The Morgan fingerprint density at radius 3 is 1.70 bits per heavy atom. The van der Waals surface area contributed by atoms with Gasteiger partial charge in [0.2, 0.25) is 5.91 Å². The molecule has 0 rings (SSSR count). The second kappa shape index (κ2) is 8.66. The molecule has 0 saturated heterocycles. The minimum atomic E-state index is -0.384. The van der Waals surface area contributed by atoms with Crippen molar-refractivity contribution < 1.29 is 9.90 Å². The average molecular weight is 287 g/mol. The van der Waals surface area contributed by atoms with Crippen LogP contribution in [0.3, 0.4) is 0 Å². The number of rotatable bonds is 5. The first kappa shape index (κ1) is 21.7. The molecular formula is C17H37NO2. The minimum absolute atomic E-state index is 0.0610. The van der Waals surface area contributed by atoms with E-state index in [-0.39, 0.29) is 28.9 Å². The molecule has 0 heterocycles. The Hall–Kier alpha value is -0.570. The van der Waals surface area contributed by atoms with Gasteiger partial charge < -0.3 is 10.4 Å². The summed E-state index contributed by atoms with van der Waals surface area (Å²) >= 11 is 0. The van der Waals surface area contributed by atoms with Crippen molar-refractivity contribution in [2.75, 3.05) is 6.61 Å². The molecule has 0 unspecified atom stereocenters. The van der Waals surface area contributed by atoms with E-state index in [2.05, 4.69) is 39.9 Å². The molecule has 0 radical (unpaired) electrons. The van der Waals surface area contributed by atoms with Crippen molar-refractivity contribution in [3.05, 3.63) is 0 Å². The lowest BCUT2D eigenvalue weighted by Gasteiger charge is -2.35. The zero-order valence-electron chi connectivity index (χ0n) is 15.2. The summed E-state index contributed by atoms with van der Waals surface area (Å²) in [6.45, 7) is 18.6. The van der Waals surface area contributed by atoms with Gasteiger partial charge in [-0.05, 0) is 32.1 Å². The van der Waals surface area contributed by atoms with E-state index in [1.165, 1.54) is 6.42 Å². The molecule has 0 spiro atoms. The number of amides is 1. The lowest BCUT2D eigenvalue weighted by molar-refractivity contribution is -0.132. The van der Waals surface area contributed by atoms with Gasteiger partial charge in [0.05, 0.1) is 0 Å².